The van der Waals surface area contributed by atoms with Gasteiger partial charge in [-0.05, 0) is 43.2 Å². The number of aryl methyl sites for hydroxylation is 1. The highest BCUT2D eigenvalue weighted by Crippen LogP contribution is 2.29. The number of halogens is 1. The number of nitriles is 1. The van der Waals surface area contributed by atoms with E-state index in [0.717, 1.165) is 58.6 Å². The largest absolute Gasteiger partial charge is 0.310 e. The Morgan fingerprint density at radius 1 is 1.03 bits per heavy atom. The lowest BCUT2D eigenvalue weighted by molar-refractivity contribution is 0.627. The third-order valence-corrected chi connectivity index (χ3v) is 6.13. The van der Waals surface area contributed by atoms with Crippen LogP contribution < -0.4 is 0 Å². The first-order valence-electron chi connectivity index (χ1n) is 10.7. The van der Waals surface area contributed by atoms with E-state index >= 15 is 0 Å². The molecule has 0 saturated heterocycles. The van der Waals surface area contributed by atoms with E-state index < -0.39 is 0 Å². The van der Waals surface area contributed by atoms with E-state index in [9.17, 15) is 5.26 Å². The number of hydrogen-bond donors (Lipinski definition) is 0. The highest BCUT2D eigenvalue weighted by atomic mass is 79.9. The minimum Gasteiger partial charge on any atom is -0.310 e. The summed E-state index contributed by atoms with van der Waals surface area (Å²) in [5.74, 6) is 1.60. The molecule has 0 fully saturated rings. The van der Waals surface area contributed by atoms with E-state index in [-0.39, 0.29) is 0 Å². The Morgan fingerprint density at radius 3 is 2.72 bits per heavy atom. The number of hydrogen-bond acceptors (Lipinski definition) is 4. The molecular weight excluding hydrogens is 464 g/mol. The second-order valence-corrected chi connectivity index (χ2v) is 8.71. The van der Waals surface area contributed by atoms with Crippen molar-refractivity contribution in [2.45, 2.75) is 32.2 Å². The molecule has 5 rings (SSSR count). The van der Waals surface area contributed by atoms with Crippen LogP contribution in [0.2, 0.25) is 0 Å². The molecule has 0 bridgehead atoms. The smallest absolute Gasteiger partial charge is 0.174 e. The fourth-order valence-electron chi connectivity index (χ4n) is 4.05. The van der Waals surface area contributed by atoms with Crippen LogP contribution in [0.15, 0.2) is 65.3 Å². The molecule has 0 spiro atoms. The standard InChI is InChI=1S/C25H21BrN6/c26-21-9-7-8-18(15-21)24-20(17-32(30-24)22-10-3-1-4-11-22)14-19(16-27)25-29-28-23-12-5-2-6-13-31(23)25/h1,3-4,7-11,14-15,17H,2,5-6,12-13H2/b19-14+. The Labute approximate surface area is 195 Å². The fourth-order valence-corrected chi connectivity index (χ4v) is 4.45. The van der Waals surface area contributed by atoms with Crippen LogP contribution in [0.1, 0.15) is 36.5 Å². The van der Waals surface area contributed by atoms with Crippen LogP contribution in [0.3, 0.4) is 0 Å². The van der Waals surface area contributed by atoms with Crippen molar-refractivity contribution in [3.05, 3.63) is 82.5 Å². The van der Waals surface area contributed by atoms with Crippen molar-refractivity contribution in [1.29, 1.82) is 5.26 Å². The summed E-state index contributed by atoms with van der Waals surface area (Å²) in [6.45, 7) is 0.846. The molecule has 1 aliphatic rings. The molecule has 0 aliphatic carbocycles. The highest BCUT2D eigenvalue weighted by Gasteiger charge is 2.19. The van der Waals surface area contributed by atoms with Gasteiger partial charge in [-0.25, -0.2) is 4.68 Å². The van der Waals surface area contributed by atoms with Crippen LogP contribution >= 0.6 is 15.9 Å². The van der Waals surface area contributed by atoms with Crippen LogP contribution in [0.4, 0.5) is 0 Å². The van der Waals surface area contributed by atoms with E-state index in [1.807, 2.05) is 71.6 Å². The first-order chi connectivity index (χ1) is 15.7. The van der Waals surface area contributed by atoms with Gasteiger partial charge in [0.05, 0.1) is 11.3 Å². The number of allylic oxidation sites excluding steroid dienone is 1. The summed E-state index contributed by atoms with van der Waals surface area (Å²) < 4.78 is 4.92. The summed E-state index contributed by atoms with van der Waals surface area (Å²) in [6.07, 6.45) is 8.10. The predicted octanol–water partition coefficient (Wildman–Crippen LogP) is 5.68. The van der Waals surface area contributed by atoms with Gasteiger partial charge in [0, 0.05) is 34.8 Å². The summed E-state index contributed by atoms with van der Waals surface area (Å²) in [5, 5.41) is 23.6. The molecule has 7 heteroatoms. The first-order valence-corrected chi connectivity index (χ1v) is 11.5. The Balaban J connectivity index is 1.65. The van der Waals surface area contributed by atoms with Gasteiger partial charge < -0.3 is 4.57 Å². The van der Waals surface area contributed by atoms with Crippen LogP contribution in [0, 0.1) is 11.3 Å². The zero-order chi connectivity index (χ0) is 21.9. The number of fused-ring (bicyclic) bond motifs is 1. The molecule has 0 unspecified atom stereocenters. The third-order valence-electron chi connectivity index (χ3n) is 5.63. The summed E-state index contributed by atoms with van der Waals surface area (Å²) in [7, 11) is 0. The fraction of sp³-hybridized carbons (Fsp3) is 0.200. The van der Waals surface area contributed by atoms with Gasteiger partial charge in [0.25, 0.3) is 0 Å². The molecule has 158 valence electrons. The molecule has 4 aromatic rings. The van der Waals surface area contributed by atoms with E-state index in [1.165, 1.54) is 6.42 Å². The summed E-state index contributed by atoms with van der Waals surface area (Å²) >= 11 is 3.56. The van der Waals surface area contributed by atoms with Crippen LogP contribution in [0.5, 0.6) is 0 Å². The van der Waals surface area contributed by atoms with Gasteiger partial charge in [-0.15, -0.1) is 10.2 Å². The van der Waals surface area contributed by atoms with Gasteiger partial charge in [-0.3, -0.25) is 0 Å². The molecule has 0 atom stereocenters. The molecule has 6 nitrogen and oxygen atoms in total. The van der Waals surface area contributed by atoms with Crippen molar-refractivity contribution in [1.82, 2.24) is 24.5 Å². The maximum absolute atomic E-state index is 10.0. The maximum Gasteiger partial charge on any atom is 0.174 e. The maximum atomic E-state index is 10.0. The average Bonchev–Trinajstić information content (AvgIpc) is 3.35. The van der Waals surface area contributed by atoms with Crippen LogP contribution in [0.25, 0.3) is 28.6 Å². The SMILES string of the molecule is N#C/C(=C\c1cn(-c2ccccc2)nc1-c1cccc(Br)c1)c1nnc2n1CCCCC2. The van der Waals surface area contributed by atoms with E-state index in [4.69, 9.17) is 5.10 Å². The first kappa shape index (κ1) is 20.4. The highest BCUT2D eigenvalue weighted by molar-refractivity contribution is 9.10. The van der Waals surface area contributed by atoms with Crippen LogP contribution in [-0.4, -0.2) is 24.5 Å². The monoisotopic (exact) mass is 484 g/mol. The van der Waals surface area contributed by atoms with Gasteiger partial charge in [0.1, 0.15) is 17.6 Å². The Hall–Kier alpha value is -3.50. The number of nitrogens with zero attached hydrogens (tertiary/aromatic N) is 6. The second-order valence-electron chi connectivity index (χ2n) is 7.80. The minimum absolute atomic E-state index is 0.495. The van der Waals surface area contributed by atoms with Crippen molar-refractivity contribution in [2.75, 3.05) is 0 Å². The molecule has 2 aromatic heterocycles. The molecule has 32 heavy (non-hydrogen) atoms. The quantitative estimate of drug-likeness (QED) is 0.349. The predicted molar refractivity (Wildman–Crippen MR) is 128 cm³/mol. The number of para-hydroxylation sites is 1. The number of aromatic nitrogens is 5. The molecule has 2 aromatic carbocycles. The molecule has 0 saturated carbocycles. The van der Waals surface area contributed by atoms with Crippen molar-refractivity contribution >= 4 is 27.6 Å². The normalized spacial score (nSPS) is 13.9. The molecule has 0 radical (unpaired) electrons. The lowest BCUT2D eigenvalue weighted by Crippen LogP contribution is -2.05. The van der Waals surface area contributed by atoms with Gasteiger partial charge in [-0.2, -0.15) is 10.4 Å². The number of rotatable bonds is 4. The zero-order valence-corrected chi connectivity index (χ0v) is 19.0. The van der Waals surface area contributed by atoms with Crippen LogP contribution in [-0.2, 0) is 13.0 Å². The van der Waals surface area contributed by atoms with Gasteiger partial charge in [-0.1, -0.05) is 52.7 Å². The number of benzene rings is 2. The third kappa shape index (κ3) is 4.02. The molecule has 3 heterocycles. The van der Waals surface area contributed by atoms with E-state index in [1.54, 1.807) is 0 Å². The van der Waals surface area contributed by atoms with Gasteiger partial charge in [0.2, 0.25) is 0 Å². The van der Waals surface area contributed by atoms with Crippen molar-refractivity contribution in [3.8, 4) is 23.0 Å². The van der Waals surface area contributed by atoms with Gasteiger partial charge in [0.15, 0.2) is 5.82 Å². The molecular formula is C25H21BrN6. The zero-order valence-electron chi connectivity index (χ0n) is 17.4. The minimum atomic E-state index is 0.495. The summed E-state index contributed by atoms with van der Waals surface area (Å²) in [5.41, 5.74) is 4.08. The molecule has 0 N–H and O–H groups in total. The lowest BCUT2D eigenvalue weighted by Gasteiger charge is -2.06. The average molecular weight is 485 g/mol. The van der Waals surface area contributed by atoms with Gasteiger partial charge >= 0.3 is 0 Å². The topological polar surface area (TPSA) is 72.3 Å². The Kier molecular flexibility index (Phi) is 5.70. The van der Waals surface area contributed by atoms with Crippen molar-refractivity contribution < 1.29 is 0 Å². The lowest BCUT2D eigenvalue weighted by atomic mass is 10.1. The van der Waals surface area contributed by atoms with Crippen molar-refractivity contribution in [3.63, 3.8) is 0 Å². The molecule has 1 aliphatic heterocycles. The molecule has 0 amide bonds. The van der Waals surface area contributed by atoms with E-state index in [2.05, 4.69) is 36.8 Å². The Bertz CT molecular complexity index is 1330. The summed E-state index contributed by atoms with van der Waals surface area (Å²) in [6, 6.07) is 20.3. The second kappa shape index (κ2) is 8.93. The van der Waals surface area contributed by atoms with Crippen molar-refractivity contribution in [2.24, 2.45) is 0 Å². The Morgan fingerprint density at radius 2 is 1.91 bits per heavy atom. The van der Waals surface area contributed by atoms with E-state index in [0.29, 0.717) is 11.4 Å². The summed E-state index contributed by atoms with van der Waals surface area (Å²) in [4.78, 5) is 0.